The maximum atomic E-state index is 14.7. The van der Waals surface area contributed by atoms with Crippen molar-refractivity contribution in [2.45, 2.75) is 37.8 Å². The van der Waals surface area contributed by atoms with Gasteiger partial charge < -0.3 is 15.0 Å². The number of anilines is 1. The average molecular weight is 710 g/mol. The smallest absolute Gasteiger partial charge is 0.264 e. The summed E-state index contributed by atoms with van der Waals surface area (Å²) in [5.74, 6) is 0.401. The van der Waals surface area contributed by atoms with Gasteiger partial charge in [-0.2, -0.15) is 0 Å². The van der Waals surface area contributed by atoms with Gasteiger partial charge in [0.05, 0.1) is 10.6 Å². The SMILES string of the molecule is CC(C)CNC(=O)C(Cc1ccccc1)N(Cc1cccc(Cl)c1)C(=O)CN(c1ccc(Oc2ccccc2)cc1)S(=O)(=O)c1ccccc1. The molecule has 0 aliphatic carbocycles. The Morgan fingerprint density at radius 3 is 1.94 bits per heavy atom. The lowest BCUT2D eigenvalue weighted by atomic mass is 10.0. The third-order valence-electron chi connectivity index (χ3n) is 7.91. The molecule has 8 nitrogen and oxygen atoms in total. The minimum absolute atomic E-state index is 0.0225. The zero-order chi connectivity index (χ0) is 35.5. The standard InChI is InChI=1S/C40H40ClN3O5S/c1-30(2)27-42-40(46)38(26-31-13-6-3-7-14-31)43(28-32-15-12-16-33(41)25-32)39(45)29-44(50(47,48)37-19-10-5-11-20-37)34-21-23-36(24-22-34)49-35-17-8-4-9-18-35/h3-25,30,38H,26-29H2,1-2H3,(H,42,46). The largest absolute Gasteiger partial charge is 0.457 e. The molecule has 0 saturated heterocycles. The number of nitrogens with one attached hydrogen (secondary N) is 1. The van der Waals surface area contributed by atoms with Crippen LogP contribution in [0, 0.1) is 5.92 Å². The fraction of sp³-hybridized carbons (Fsp3) is 0.200. The van der Waals surface area contributed by atoms with E-state index < -0.39 is 28.5 Å². The zero-order valence-electron chi connectivity index (χ0n) is 28.0. The molecule has 258 valence electrons. The number of amides is 2. The minimum atomic E-state index is -4.24. The van der Waals surface area contributed by atoms with E-state index in [4.69, 9.17) is 16.3 Å². The highest BCUT2D eigenvalue weighted by molar-refractivity contribution is 7.92. The van der Waals surface area contributed by atoms with Crippen LogP contribution in [-0.2, 0) is 32.6 Å². The number of carbonyl (C=O) groups is 2. The minimum Gasteiger partial charge on any atom is -0.457 e. The number of benzene rings is 5. The second-order valence-corrected chi connectivity index (χ2v) is 14.5. The fourth-order valence-electron chi connectivity index (χ4n) is 5.36. The van der Waals surface area contributed by atoms with E-state index in [1.165, 1.54) is 17.0 Å². The molecular formula is C40H40ClN3O5S. The molecule has 2 amide bonds. The van der Waals surface area contributed by atoms with Crippen molar-refractivity contribution in [3.8, 4) is 11.5 Å². The molecule has 0 spiro atoms. The Balaban J connectivity index is 1.54. The third kappa shape index (κ3) is 9.74. The number of ether oxygens (including phenoxy) is 1. The number of carbonyl (C=O) groups excluding carboxylic acids is 2. The van der Waals surface area contributed by atoms with E-state index in [2.05, 4.69) is 5.32 Å². The Labute approximate surface area is 299 Å². The molecular weight excluding hydrogens is 670 g/mol. The molecule has 0 aliphatic heterocycles. The molecule has 1 unspecified atom stereocenters. The van der Waals surface area contributed by atoms with E-state index in [1.54, 1.807) is 60.7 Å². The number of para-hydroxylation sites is 1. The lowest BCUT2D eigenvalue weighted by Crippen LogP contribution is -2.53. The first-order valence-corrected chi connectivity index (χ1v) is 18.2. The highest BCUT2D eigenvalue weighted by Gasteiger charge is 2.34. The van der Waals surface area contributed by atoms with Crippen LogP contribution in [0.25, 0.3) is 0 Å². The quantitative estimate of drug-likeness (QED) is 0.120. The highest BCUT2D eigenvalue weighted by Crippen LogP contribution is 2.29. The molecule has 1 N–H and O–H groups in total. The van der Waals surface area contributed by atoms with Gasteiger partial charge in [0.2, 0.25) is 11.8 Å². The van der Waals surface area contributed by atoms with Crippen molar-refractivity contribution in [3.63, 3.8) is 0 Å². The molecule has 0 aliphatic rings. The van der Waals surface area contributed by atoms with Gasteiger partial charge in [-0.1, -0.05) is 104 Å². The monoisotopic (exact) mass is 709 g/mol. The van der Waals surface area contributed by atoms with Crippen LogP contribution in [0.1, 0.15) is 25.0 Å². The predicted molar refractivity (Wildman–Crippen MR) is 198 cm³/mol. The van der Waals surface area contributed by atoms with Crippen molar-refractivity contribution in [3.05, 3.63) is 156 Å². The fourth-order valence-corrected chi connectivity index (χ4v) is 7.01. The topological polar surface area (TPSA) is 96.0 Å². The van der Waals surface area contributed by atoms with E-state index >= 15 is 0 Å². The molecule has 0 saturated carbocycles. The Kier molecular flexibility index (Phi) is 12.3. The summed E-state index contributed by atoms with van der Waals surface area (Å²) < 4.78 is 35.5. The Bertz CT molecular complexity index is 1960. The first-order chi connectivity index (χ1) is 24.1. The molecule has 0 fully saturated rings. The van der Waals surface area contributed by atoms with Gasteiger partial charge in [-0.05, 0) is 77.7 Å². The molecule has 5 rings (SSSR count). The van der Waals surface area contributed by atoms with Crippen molar-refractivity contribution in [2.24, 2.45) is 5.92 Å². The Morgan fingerprint density at radius 2 is 1.32 bits per heavy atom. The van der Waals surface area contributed by atoms with Gasteiger partial charge in [0.1, 0.15) is 24.1 Å². The van der Waals surface area contributed by atoms with Crippen molar-refractivity contribution < 1.29 is 22.7 Å². The Hall–Kier alpha value is -5.12. The maximum absolute atomic E-state index is 14.7. The lowest BCUT2D eigenvalue weighted by molar-refractivity contribution is -0.140. The maximum Gasteiger partial charge on any atom is 0.264 e. The molecule has 0 heterocycles. The summed E-state index contributed by atoms with van der Waals surface area (Å²) in [4.78, 5) is 30.1. The van der Waals surface area contributed by atoms with E-state index in [9.17, 15) is 18.0 Å². The van der Waals surface area contributed by atoms with Gasteiger partial charge in [-0.25, -0.2) is 8.42 Å². The predicted octanol–water partition coefficient (Wildman–Crippen LogP) is 7.74. The van der Waals surface area contributed by atoms with Crippen molar-refractivity contribution in [1.29, 1.82) is 0 Å². The summed E-state index contributed by atoms with van der Waals surface area (Å²) in [6.07, 6.45) is 0.216. The molecule has 10 heteroatoms. The van der Waals surface area contributed by atoms with Crippen molar-refractivity contribution in [2.75, 3.05) is 17.4 Å². The molecule has 50 heavy (non-hydrogen) atoms. The van der Waals surface area contributed by atoms with Crippen LogP contribution in [0.5, 0.6) is 11.5 Å². The summed E-state index contributed by atoms with van der Waals surface area (Å²) in [5, 5.41) is 3.47. The van der Waals surface area contributed by atoms with E-state index in [1.807, 2.05) is 80.6 Å². The van der Waals surface area contributed by atoms with E-state index in [0.717, 1.165) is 9.87 Å². The summed E-state index contributed by atoms with van der Waals surface area (Å²) in [6.45, 7) is 3.84. The lowest BCUT2D eigenvalue weighted by Gasteiger charge is -2.34. The van der Waals surface area contributed by atoms with Gasteiger partial charge in [-0.3, -0.25) is 13.9 Å². The van der Waals surface area contributed by atoms with Gasteiger partial charge in [0, 0.05) is 24.5 Å². The van der Waals surface area contributed by atoms with Crippen LogP contribution in [0.2, 0.25) is 5.02 Å². The summed E-state index contributed by atoms with van der Waals surface area (Å²) in [7, 11) is -4.24. The second kappa shape index (κ2) is 17.0. The molecule has 0 radical (unpaired) electrons. The number of hydrogen-bond acceptors (Lipinski definition) is 5. The van der Waals surface area contributed by atoms with Crippen LogP contribution in [0.4, 0.5) is 5.69 Å². The summed E-state index contributed by atoms with van der Waals surface area (Å²) in [6, 6.07) is 39.2. The van der Waals surface area contributed by atoms with Crippen LogP contribution in [-0.4, -0.2) is 44.3 Å². The van der Waals surface area contributed by atoms with Crippen LogP contribution < -0.4 is 14.4 Å². The number of rotatable bonds is 15. The average Bonchev–Trinajstić information content (AvgIpc) is 3.12. The van der Waals surface area contributed by atoms with Crippen LogP contribution in [0.15, 0.2) is 144 Å². The highest BCUT2D eigenvalue weighted by atomic mass is 35.5. The third-order valence-corrected chi connectivity index (χ3v) is 9.93. The van der Waals surface area contributed by atoms with Gasteiger partial charge in [0.25, 0.3) is 10.0 Å². The number of sulfonamides is 1. The van der Waals surface area contributed by atoms with Crippen molar-refractivity contribution >= 4 is 39.1 Å². The number of halogens is 1. The normalized spacial score (nSPS) is 11.8. The molecule has 1 atom stereocenters. The van der Waals surface area contributed by atoms with Gasteiger partial charge in [0.15, 0.2) is 0 Å². The van der Waals surface area contributed by atoms with Crippen molar-refractivity contribution in [1.82, 2.24) is 10.2 Å². The molecule has 0 bridgehead atoms. The number of hydrogen-bond donors (Lipinski definition) is 1. The molecule has 5 aromatic carbocycles. The summed E-state index contributed by atoms with van der Waals surface area (Å²) >= 11 is 6.34. The van der Waals surface area contributed by atoms with Gasteiger partial charge >= 0.3 is 0 Å². The first kappa shape index (κ1) is 36.2. The second-order valence-electron chi connectivity index (χ2n) is 12.2. The summed E-state index contributed by atoms with van der Waals surface area (Å²) in [5.41, 5.74) is 1.80. The molecule has 5 aromatic rings. The van der Waals surface area contributed by atoms with Gasteiger partial charge in [-0.15, -0.1) is 0 Å². The number of nitrogens with zero attached hydrogens (tertiary/aromatic N) is 2. The van der Waals surface area contributed by atoms with E-state index in [0.29, 0.717) is 28.6 Å². The van der Waals surface area contributed by atoms with Crippen LogP contribution >= 0.6 is 11.6 Å². The molecule has 0 aromatic heterocycles. The zero-order valence-corrected chi connectivity index (χ0v) is 29.6. The first-order valence-electron chi connectivity index (χ1n) is 16.4. The van der Waals surface area contributed by atoms with Crippen LogP contribution in [0.3, 0.4) is 0 Å². The Morgan fingerprint density at radius 1 is 0.740 bits per heavy atom. The van der Waals surface area contributed by atoms with E-state index in [-0.39, 0.29) is 35.4 Å².